The second kappa shape index (κ2) is 9.73. The minimum atomic E-state index is -1.85. The summed E-state index contributed by atoms with van der Waals surface area (Å²) in [5.74, 6) is -0.724. The monoisotopic (exact) mass is 310 g/mol. The van der Waals surface area contributed by atoms with E-state index in [4.69, 9.17) is 11.5 Å². The maximum Gasteiger partial charge on any atom is 0.316 e. The maximum absolute atomic E-state index is 14.2. The molecule has 0 spiro atoms. The van der Waals surface area contributed by atoms with Crippen molar-refractivity contribution >= 4 is 17.6 Å². The summed E-state index contributed by atoms with van der Waals surface area (Å²) in [6.45, 7) is 1.07. The molecule has 0 radical (unpaired) electrons. The molecule has 1 unspecified atom stereocenters. The Kier molecular flexibility index (Phi) is 7.91. The Morgan fingerprint density at radius 3 is 2.50 bits per heavy atom. The van der Waals surface area contributed by atoms with Crippen molar-refractivity contribution in [2.45, 2.75) is 31.9 Å². The lowest BCUT2D eigenvalue weighted by atomic mass is 10.1. The first-order valence-electron chi connectivity index (χ1n) is 7.33. The lowest BCUT2D eigenvalue weighted by Crippen LogP contribution is -2.29. The normalized spacial score (nSPS) is 11.7. The smallest absolute Gasteiger partial charge is 0.316 e. The van der Waals surface area contributed by atoms with E-state index in [1.165, 1.54) is 12.1 Å². The highest BCUT2D eigenvalue weighted by Gasteiger charge is 2.22. The molecule has 122 valence electrons. The third-order valence-electron chi connectivity index (χ3n) is 3.15. The van der Waals surface area contributed by atoms with Crippen LogP contribution in [-0.4, -0.2) is 25.0 Å². The van der Waals surface area contributed by atoms with Gasteiger partial charge in [0.2, 0.25) is 6.17 Å². The van der Waals surface area contributed by atoms with Crippen LogP contribution < -0.4 is 22.1 Å². The number of primary amides is 1. The van der Waals surface area contributed by atoms with Gasteiger partial charge in [0.1, 0.15) is 0 Å². The first kappa shape index (κ1) is 17.9. The summed E-state index contributed by atoms with van der Waals surface area (Å²) in [5.41, 5.74) is 10.7. The van der Waals surface area contributed by atoms with E-state index in [1.807, 2.05) is 0 Å². The summed E-state index contributed by atoms with van der Waals surface area (Å²) >= 11 is 0. The highest BCUT2D eigenvalue weighted by molar-refractivity contribution is 5.91. The number of benzene rings is 1. The van der Waals surface area contributed by atoms with Gasteiger partial charge < -0.3 is 22.1 Å². The Labute approximate surface area is 129 Å². The molecule has 0 heterocycles. The Morgan fingerprint density at radius 2 is 1.82 bits per heavy atom. The van der Waals surface area contributed by atoms with Crippen molar-refractivity contribution in [2.75, 3.05) is 18.4 Å². The average molecular weight is 310 g/mol. The number of nitrogens with two attached hydrogens (primary N) is 2. The van der Waals surface area contributed by atoms with Crippen molar-refractivity contribution < 1.29 is 14.0 Å². The van der Waals surface area contributed by atoms with Crippen molar-refractivity contribution in [3.8, 4) is 0 Å². The average Bonchev–Trinajstić information content (AvgIpc) is 2.50. The summed E-state index contributed by atoms with van der Waals surface area (Å²) in [5, 5.41) is 4.86. The largest absolute Gasteiger partial charge is 0.353 e. The number of carbonyl (C=O) groups is 2. The van der Waals surface area contributed by atoms with Gasteiger partial charge in [-0.05, 0) is 25.5 Å². The number of carbonyl (C=O) groups excluding carboxylic acids is 2. The van der Waals surface area contributed by atoms with Crippen LogP contribution >= 0.6 is 0 Å². The predicted molar refractivity (Wildman–Crippen MR) is 84.0 cm³/mol. The molecule has 1 atom stereocenters. The van der Waals surface area contributed by atoms with E-state index in [0.717, 1.165) is 25.7 Å². The summed E-state index contributed by atoms with van der Waals surface area (Å²) in [4.78, 5) is 22.7. The number of amides is 3. The molecule has 22 heavy (non-hydrogen) atoms. The number of rotatable bonds is 9. The molecule has 0 aliphatic rings. The SMILES string of the molecule is NCCCCCCNC(=O)C(F)c1ccccc1NC(N)=O. The quantitative estimate of drug-likeness (QED) is 0.522. The molecule has 0 aliphatic carbocycles. The molecule has 1 rings (SSSR count). The van der Waals surface area contributed by atoms with Crippen LogP contribution in [0, 0.1) is 0 Å². The van der Waals surface area contributed by atoms with Crippen LogP contribution in [0.15, 0.2) is 24.3 Å². The van der Waals surface area contributed by atoms with Crippen LogP contribution in [0.2, 0.25) is 0 Å². The van der Waals surface area contributed by atoms with Gasteiger partial charge in [0.05, 0.1) is 0 Å². The second-order valence-electron chi connectivity index (χ2n) is 4.93. The molecular weight excluding hydrogens is 287 g/mol. The van der Waals surface area contributed by atoms with Crippen LogP contribution in [0.1, 0.15) is 37.4 Å². The van der Waals surface area contributed by atoms with E-state index in [-0.39, 0.29) is 11.3 Å². The van der Waals surface area contributed by atoms with E-state index in [0.29, 0.717) is 13.1 Å². The zero-order valence-corrected chi connectivity index (χ0v) is 12.5. The maximum atomic E-state index is 14.2. The van der Waals surface area contributed by atoms with Crippen molar-refractivity contribution in [1.29, 1.82) is 0 Å². The molecule has 6 N–H and O–H groups in total. The minimum absolute atomic E-state index is 0.0851. The van der Waals surface area contributed by atoms with E-state index < -0.39 is 18.1 Å². The van der Waals surface area contributed by atoms with Crippen LogP contribution in [-0.2, 0) is 4.79 Å². The van der Waals surface area contributed by atoms with E-state index in [1.54, 1.807) is 12.1 Å². The molecule has 0 aromatic heterocycles. The van der Waals surface area contributed by atoms with Crippen molar-refractivity contribution in [3.05, 3.63) is 29.8 Å². The third kappa shape index (κ3) is 6.09. The first-order chi connectivity index (χ1) is 10.6. The lowest BCUT2D eigenvalue weighted by Gasteiger charge is -2.14. The first-order valence-corrected chi connectivity index (χ1v) is 7.33. The molecule has 0 saturated carbocycles. The summed E-state index contributed by atoms with van der Waals surface area (Å²) in [6, 6.07) is 5.34. The molecule has 0 bridgehead atoms. The van der Waals surface area contributed by atoms with Gasteiger partial charge in [-0.2, -0.15) is 0 Å². The zero-order valence-electron chi connectivity index (χ0n) is 12.5. The zero-order chi connectivity index (χ0) is 16.4. The molecule has 7 heteroatoms. The van der Waals surface area contributed by atoms with Crippen LogP contribution in [0.3, 0.4) is 0 Å². The number of alkyl halides is 1. The standard InChI is InChI=1S/C15H23FN4O2/c16-13(14(21)19-10-6-2-1-5-9-17)11-7-3-4-8-12(11)20-15(18)22/h3-4,7-8,13H,1-2,5-6,9-10,17H2,(H,19,21)(H3,18,20,22). The van der Waals surface area contributed by atoms with E-state index >= 15 is 0 Å². The minimum Gasteiger partial charge on any atom is -0.353 e. The van der Waals surface area contributed by atoms with Crippen LogP contribution in [0.5, 0.6) is 0 Å². The van der Waals surface area contributed by atoms with Gasteiger partial charge in [-0.1, -0.05) is 31.0 Å². The highest BCUT2D eigenvalue weighted by Crippen LogP contribution is 2.25. The number of nitrogens with one attached hydrogen (secondary N) is 2. The van der Waals surface area contributed by atoms with Crippen LogP contribution in [0.4, 0.5) is 14.9 Å². The molecule has 0 aliphatic heterocycles. The van der Waals surface area contributed by atoms with Crippen molar-refractivity contribution in [2.24, 2.45) is 11.5 Å². The molecular formula is C15H23FN4O2. The second-order valence-corrected chi connectivity index (χ2v) is 4.93. The van der Waals surface area contributed by atoms with Gasteiger partial charge in [0.25, 0.3) is 5.91 Å². The van der Waals surface area contributed by atoms with Gasteiger partial charge in [-0.15, -0.1) is 0 Å². The molecule has 1 aromatic carbocycles. The Morgan fingerprint density at radius 1 is 1.14 bits per heavy atom. The Bertz CT molecular complexity index is 496. The van der Waals surface area contributed by atoms with Crippen molar-refractivity contribution in [1.82, 2.24) is 5.32 Å². The molecule has 1 aromatic rings. The van der Waals surface area contributed by atoms with Crippen molar-refractivity contribution in [3.63, 3.8) is 0 Å². The van der Waals surface area contributed by atoms with Gasteiger partial charge in [0.15, 0.2) is 0 Å². The fraction of sp³-hybridized carbons (Fsp3) is 0.467. The number of hydrogen-bond donors (Lipinski definition) is 4. The number of hydrogen-bond acceptors (Lipinski definition) is 3. The van der Waals surface area contributed by atoms with Gasteiger partial charge >= 0.3 is 6.03 Å². The molecule has 0 saturated heterocycles. The lowest BCUT2D eigenvalue weighted by molar-refractivity contribution is -0.126. The number of halogens is 1. The third-order valence-corrected chi connectivity index (χ3v) is 3.15. The summed E-state index contributed by atoms with van der Waals surface area (Å²) in [6.07, 6.45) is 1.81. The number of urea groups is 1. The van der Waals surface area contributed by atoms with E-state index in [2.05, 4.69) is 10.6 Å². The Balaban J connectivity index is 2.51. The fourth-order valence-electron chi connectivity index (χ4n) is 2.03. The topological polar surface area (TPSA) is 110 Å². The van der Waals surface area contributed by atoms with Gasteiger partial charge in [0, 0.05) is 17.8 Å². The highest BCUT2D eigenvalue weighted by atomic mass is 19.1. The predicted octanol–water partition coefficient (Wildman–Crippen LogP) is 1.82. The van der Waals surface area contributed by atoms with Crippen LogP contribution in [0.25, 0.3) is 0 Å². The van der Waals surface area contributed by atoms with Gasteiger partial charge in [-0.25, -0.2) is 9.18 Å². The Hall–Kier alpha value is -2.15. The molecule has 3 amide bonds. The fourth-order valence-corrected chi connectivity index (χ4v) is 2.03. The summed E-state index contributed by atoms with van der Waals surface area (Å²) < 4.78 is 14.2. The molecule has 0 fully saturated rings. The van der Waals surface area contributed by atoms with E-state index in [9.17, 15) is 14.0 Å². The summed E-state index contributed by atoms with van der Waals surface area (Å²) in [7, 11) is 0. The molecule has 6 nitrogen and oxygen atoms in total. The number of unbranched alkanes of at least 4 members (excludes halogenated alkanes) is 3. The number of anilines is 1. The number of para-hydroxylation sites is 1. The van der Waals surface area contributed by atoms with Gasteiger partial charge in [-0.3, -0.25) is 4.79 Å².